The smallest absolute Gasteiger partial charge is 0.0208 e. The molecule has 0 fully saturated rings. The van der Waals surface area contributed by atoms with Crippen molar-refractivity contribution in [2.24, 2.45) is 0 Å². The van der Waals surface area contributed by atoms with Gasteiger partial charge in [0.25, 0.3) is 0 Å². The van der Waals surface area contributed by atoms with E-state index in [1.165, 1.54) is 5.57 Å². The molecule has 0 rings (SSSR count). The van der Waals surface area contributed by atoms with E-state index in [1.807, 2.05) is 25.2 Å². The first kappa shape index (κ1) is 10.9. The fraction of sp³-hybridized carbons (Fsp3) is 0.273. The fourth-order valence-corrected chi connectivity index (χ4v) is 0.857. The summed E-state index contributed by atoms with van der Waals surface area (Å²) in [5.74, 6) is 0. The van der Waals surface area contributed by atoms with Crippen LogP contribution in [0.25, 0.3) is 0 Å². The number of hydrogen-bond acceptors (Lipinski definition) is 1. The van der Waals surface area contributed by atoms with Gasteiger partial charge in [-0.05, 0) is 12.5 Å². The van der Waals surface area contributed by atoms with E-state index >= 15 is 0 Å². The maximum Gasteiger partial charge on any atom is 0.0208 e. The fourth-order valence-electron chi connectivity index (χ4n) is 0.857. The van der Waals surface area contributed by atoms with Gasteiger partial charge in [-0.15, -0.1) is 6.58 Å². The molecule has 0 amide bonds. The summed E-state index contributed by atoms with van der Waals surface area (Å²) in [6.45, 7) is 11.0. The average Bonchev–Trinajstić information content (AvgIpc) is 2.06. The lowest BCUT2D eigenvalue weighted by Crippen LogP contribution is -2.15. The molecule has 0 spiro atoms. The molecule has 0 aliphatic heterocycles. The highest BCUT2D eigenvalue weighted by Gasteiger charge is 1.87. The maximum absolute atomic E-state index is 3.65. The van der Waals surface area contributed by atoms with Gasteiger partial charge in [0.15, 0.2) is 0 Å². The predicted octanol–water partition coefficient (Wildman–Crippen LogP) is 2.45. The van der Waals surface area contributed by atoms with E-state index in [1.54, 1.807) is 6.08 Å². The molecule has 0 saturated heterocycles. The Labute approximate surface area is 75.2 Å². The number of rotatable bonds is 6. The molecule has 0 saturated carbocycles. The van der Waals surface area contributed by atoms with Crippen LogP contribution in [0.2, 0.25) is 0 Å². The summed E-state index contributed by atoms with van der Waals surface area (Å²) in [4.78, 5) is 0. The molecule has 0 atom stereocenters. The van der Waals surface area contributed by atoms with Crippen molar-refractivity contribution in [3.05, 3.63) is 49.1 Å². The second-order valence-electron chi connectivity index (χ2n) is 2.40. The van der Waals surface area contributed by atoms with Gasteiger partial charge in [0.05, 0.1) is 0 Å². The Hall–Kier alpha value is -1.08. The van der Waals surface area contributed by atoms with Gasteiger partial charge in [0.1, 0.15) is 0 Å². The monoisotopic (exact) mass is 163 g/mol. The Morgan fingerprint density at radius 3 is 2.67 bits per heavy atom. The third-order valence-corrected chi connectivity index (χ3v) is 1.33. The summed E-state index contributed by atoms with van der Waals surface area (Å²) >= 11 is 0. The standard InChI is InChI=1S/C11H17N/c1-4-7-11(8-5-2)10-12-9-6-3/h4-8,12H,1,3,9-10H2,2H3/b8-5-,11-7+. The van der Waals surface area contributed by atoms with Gasteiger partial charge in [0.2, 0.25) is 0 Å². The van der Waals surface area contributed by atoms with Gasteiger partial charge in [0, 0.05) is 13.1 Å². The molecular weight excluding hydrogens is 146 g/mol. The van der Waals surface area contributed by atoms with Gasteiger partial charge in [-0.2, -0.15) is 0 Å². The Bertz CT molecular complexity index is 187. The van der Waals surface area contributed by atoms with Crippen LogP contribution in [0.3, 0.4) is 0 Å². The Morgan fingerprint density at radius 1 is 1.42 bits per heavy atom. The molecular formula is C11H17N. The van der Waals surface area contributed by atoms with Crippen molar-refractivity contribution >= 4 is 0 Å². The Balaban J connectivity index is 3.87. The molecule has 0 aromatic rings. The second-order valence-corrected chi connectivity index (χ2v) is 2.40. The zero-order valence-corrected chi connectivity index (χ0v) is 7.72. The Morgan fingerprint density at radius 2 is 2.17 bits per heavy atom. The minimum atomic E-state index is 0.839. The van der Waals surface area contributed by atoms with Crippen LogP contribution < -0.4 is 5.32 Å². The van der Waals surface area contributed by atoms with Crippen LogP contribution in [-0.4, -0.2) is 13.1 Å². The number of nitrogens with one attached hydrogen (secondary N) is 1. The second kappa shape index (κ2) is 8.02. The van der Waals surface area contributed by atoms with Gasteiger partial charge in [-0.1, -0.05) is 37.0 Å². The molecule has 0 bridgehead atoms. The third-order valence-electron chi connectivity index (χ3n) is 1.33. The summed E-state index contributed by atoms with van der Waals surface area (Å²) in [7, 11) is 0. The topological polar surface area (TPSA) is 12.0 Å². The normalized spacial score (nSPS) is 11.9. The van der Waals surface area contributed by atoms with Gasteiger partial charge >= 0.3 is 0 Å². The molecule has 0 aliphatic rings. The van der Waals surface area contributed by atoms with E-state index in [0.717, 1.165) is 13.1 Å². The van der Waals surface area contributed by atoms with Crippen LogP contribution >= 0.6 is 0 Å². The highest BCUT2D eigenvalue weighted by atomic mass is 14.8. The molecule has 0 unspecified atom stereocenters. The van der Waals surface area contributed by atoms with Crippen LogP contribution in [0.5, 0.6) is 0 Å². The molecule has 0 aliphatic carbocycles. The number of hydrogen-bond donors (Lipinski definition) is 1. The quantitative estimate of drug-likeness (QED) is 0.360. The van der Waals surface area contributed by atoms with Crippen molar-refractivity contribution in [3.63, 3.8) is 0 Å². The molecule has 0 radical (unpaired) electrons. The Kier molecular flexibility index (Phi) is 7.30. The third kappa shape index (κ3) is 5.69. The highest BCUT2D eigenvalue weighted by molar-refractivity contribution is 5.23. The van der Waals surface area contributed by atoms with Crippen molar-refractivity contribution in [2.75, 3.05) is 13.1 Å². The van der Waals surface area contributed by atoms with E-state index < -0.39 is 0 Å². The summed E-state index contributed by atoms with van der Waals surface area (Å²) in [6.07, 6.45) is 9.73. The average molecular weight is 163 g/mol. The van der Waals surface area contributed by atoms with E-state index in [2.05, 4.69) is 24.6 Å². The zero-order valence-electron chi connectivity index (χ0n) is 7.72. The van der Waals surface area contributed by atoms with E-state index in [9.17, 15) is 0 Å². The lowest BCUT2D eigenvalue weighted by Gasteiger charge is -2.01. The van der Waals surface area contributed by atoms with Gasteiger partial charge in [-0.3, -0.25) is 0 Å². The summed E-state index contributed by atoms with van der Waals surface area (Å²) in [6, 6.07) is 0. The van der Waals surface area contributed by atoms with Crippen LogP contribution in [0.4, 0.5) is 0 Å². The molecule has 0 aromatic carbocycles. The minimum absolute atomic E-state index is 0.839. The molecule has 66 valence electrons. The summed E-state index contributed by atoms with van der Waals surface area (Å²) in [5, 5.41) is 3.22. The van der Waals surface area contributed by atoms with Crippen molar-refractivity contribution in [2.45, 2.75) is 6.92 Å². The lowest BCUT2D eigenvalue weighted by molar-refractivity contribution is 0.826. The van der Waals surface area contributed by atoms with Crippen LogP contribution in [0.1, 0.15) is 6.92 Å². The van der Waals surface area contributed by atoms with Gasteiger partial charge < -0.3 is 5.32 Å². The van der Waals surface area contributed by atoms with E-state index in [-0.39, 0.29) is 0 Å². The molecule has 1 heteroatoms. The van der Waals surface area contributed by atoms with Crippen LogP contribution in [-0.2, 0) is 0 Å². The first-order valence-corrected chi connectivity index (χ1v) is 4.11. The van der Waals surface area contributed by atoms with Crippen LogP contribution in [0.15, 0.2) is 49.1 Å². The predicted molar refractivity (Wildman–Crippen MR) is 56.2 cm³/mol. The molecule has 12 heavy (non-hydrogen) atoms. The first-order chi connectivity index (χ1) is 5.85. The SMILES string of the molecule is C=C/C=C(\C=C/C)CNCC=C. The van der Waals surface area contributed by atoms with Crippen LogP contribution in [0, 0.1) is 0 Å². The van der Waals surface area contributed by atoms with Gasteiger partial charge in [-0.25, -0.2) is 0 Å². The molecule has 1 N–H and O–H groups in total. The largest absolute Gasteiger partial charge is 0.309 e. The molecule has 0 heterocycles. The van der Waals surface area contributed by atoms with Crippen molar-refractivity contribution in [1.82, 2.24) is 5.32 Å². The van der Waals surface area contributed by atoms with E-state index in [0.29, 0.717) is 0 Å². The summed E-state index contributed by atoms with van der Waals surface area (Å²) in [5.41, 5.74) is 1.23. The first-order valence-electron chi connectivity index (χ1n) is 4.11. The molecule has 1 nitrogen and oxygen atoms in total. The van der Waals surface area contributed by atoms with E-state index in [4.69, 9.17) is 0 Å². The minimum Gasteiger partial charge on any atom is -0.309 e. The highest BCUT2D eigenvalue weighted by Crippen LogP contribution is 1.94. The lowest BCUT2D eigenvalue weighted by atomic mass is 10.2. The number of allylic oxidation sites excluding steroid dienone is 3. The molecule has 0 aromatic heterocycles. The zero-order chi connectivity index (χ0) is 9.23. The van der Waals surface area contributed by atoms with Crippen molar-refractivity contribution in [1.29, 1.82) is 0 Å². The maximum atomic E-state index is 3.65. The van der Waals surface area contributed by atoms with Crippen molar-refractivity contribution < 1.29 is 0 Å². The summed E-state index contributed by atoms with van der Waals surface area (Å²) < 4.78 is 0. The van der Waals surface area contributed by atoms with Crippen molar-refractivity contribution in [3.8, 4) is 0 Å².